The van der Waals surface area contributed by atoms with E-state index >= 15 is 0 Å². The molecule has 3 aromatic rings. The van der Waals surface area contributed by atoms with E-state index in [0.717, 1.165) is 35.3 Å². The van der Waals surface area contributed by atoms with E-state index in [9.17, 15) is 17.6 Å². The zero-order valence-corrected chi connectivity index (χ0v) is 21.0. The molecule has 1 aromatic heterocycles. The van der Waals surface area contributed by atoms with E-state index in [4.69, 9.17) is 14.6 Å². The van der Waals surface area contributed by atoms with Crippen LogP contribution in [0.2, 0.25) is 0 Å². The third kappa shape index (κ3) is 5.87. The van der Waals surface area contributed by atoms with Crippen molar-refractivity contribution in [2.75, 3.05) is 25.2 Å². The molecule has 35 heavy (non-hydrogen) atoms. The van der Waals surface area contributed by atoms with Gasteiger partial charge in [0, 0.05) is 12.2 Å². The van der Waals surface area contributed by atoms with Gasteiger partial charge >= 0.3 is 0 Å². The lowest BCUT2D eigenvalue weighted by atomic mass is 10.0. The first kappa shape index (κ1) is 25.2. The summed E-state index contributed by atoms with van der Waals surface area (Å²) in [6.45, 7) is 2.44. The smallest absolute Gasteiger partial charge is 0.249 e. The molecule has 0 spiro atoms. The summed E-state index contributed by atoms with van der Waals surface area (Å²) in [6, 6.07) is 11.5. The van der Waals surface area contributed by atoms with Crippen molar-refractivity contribution in [2.24, 2.45) is 5.14 Å². The van der Waals surface area contributed by atoms with E-state index < -0.39 is 10.0 Å². The predicted octanol–water partition coefficient (Wildman–Crippen LogP) is 3.67. The largest absolute Gasteiger partial charge is 0.496 e. The second-order valence-electron chi connectivity index (χ2n) is 8.27. The summed E-state index contributed by atoms with van der Waals surface area (Å²) >= 11 is 0.878. The molecule has 1 fully saturated rings. The molecule has 2 aromatic carbocycles. The van der Waals surface area contributed by atoms with Crippen LogP contribution in [0, 0.1) is 12.7 Å². The van der Waals surface area contributed by atoms with E-state index in [-0.39, 0.29) is 45.8 Å². The molecule has 1 atom stereocenters. The Morgan fingerprint density at radius 2 is 2.03 bits per heavy atom. The predicted molar refractivity (Wildman–Crippen MR) is 132 cm³/mol. The molecule has 2 heterocycles. The van der Waals surface area contributed by atoms with Crippen molar-refractivity contribution in [3.63, 3.8) is 0 Å². The number of aromatic nitrogens is 1. The normalized spacial score (nSPS) is 15.8. The number of hydrogen-bond acceptors (Lipinski definition) is 7. The van der Waals surface area contributed by atoms with Crippen LogP contribution in [0.1, 0.15) is 24.1 Å². The molecular weight excluding hydrogens is 493 g/mol. The number of primary sulfonamides is 1. The van der Waals surface area contributed by atoms with Gasteiger partial charge in [-0.15, -0.1) is 0 Å². The van der Waals surface area contributed by atoms with Gasteiger partial charge in [0.2, 0.25) is 15.9 Å². The van der Waals surface area contributed by atoms with Gasteiger partial charge in [-0.2, -0.15) is 0 Å². The minimum atomic E-state index is -3.95. The van der Waals surface area contributed by atoms with Crippen molar-refractivity contribution >= 4 is 32.4 Å². The number of hydrogen-bond donors (Lipinski definition) is 1. The topological polar surface area (TPSA) is 112 Å². The van der Waals surface area contributed by atoms with Crippen LogP contribution in [-0.4, -0.2) is 45.7 Å². The van der Waals surface area contributed by atoms with Crippen LogP contribution in [0.15, 0.2) is 46.7 Å². The quantitative estimate of drug-likeness (QED) is 0.486. The summed E-state index contributed by atoms with van der Waals surface area (Å²) in [5, 5.41) is 5.58. The maximum Gasteiger partial charge on any atom is 0.249 e. The highest BCUT2D eigenvalue weighted by molar-refractivity contribution is 7.91. The van der Waals surface area contributed by atoms with Gasteiger partial charge in [0.15, 0.2) is 9.34 Å². The second-order valence-corrected chi connectivity index (χ2v) is 11.0. The van der Waals surface area contributed by atoms with Gasteiger partial charge in [0.25, 0.3) is 0 Å². The standard InChI is InChI=1S/C24H26FN3O5S2/c1-15-23(35(26,30)31)34-24(27-15)28(14-19-4-3-11-33-19)22(29)12-16-5-7-17(8-6-16)20-13-18(25)9-10-21(20)32-2/h5-10,13,19H,3-4,11-12,14H2,1-2H3,(H2,26,30,31). The molecule has 186 valence electrons. The number of rotatable bonds is 8. The van der Waals surface area contributed by atoms with Gasteiger partial charge in [-0.25, -0.2) is 22.9 Å². The number of aryl methyl sites for hydroxylation is 1. The molecule has 11 heteroatoms. The molecule has 0 bridgehead atoms. The molecule has 1 saturated heterocycles. The monoisotopic (exact) mass is 519 g/mol. The van der Waals surface area contributed by atoms with Crippen LogP contribution in [0.3, 0.4) is 0 Å². The SMILES string of the molecule is COc1ccc(F)cc1-c1ccc(CC(=O)N(CC2CCCO2)c2nc(C)c(S(N)(=O)=O)s2)cc1. The molecule has 0 saturated carbocycles. The number of nitrogens with zero attached hydrogens (tertiary/aromatic N) is 2. The van der Waals surface area contributed by atoms with E-state index in [1.54, 1.807) is 37.3 Å². The fraction of sp³-hybridized carbons (Fsp3) is 0.333. The minimum absolute atomic E-state index is 0.0639. The molecule has 1 amide bonds. The second kappa shape index (κ2) is 10.4. The summed E-state index contributed by atoms with van der Waals surface area (Å²) in [4.78, 5) is 19.2. The van der Waals surface area contributed by atoms with E-state index in [1.807, 2.05) is 0 Å². The summed E-state index contributed by atoms with van der Waals surface area (Å²) in [5.74, 6) is -0.0727. The highest BCUT2D eigenvalue weighted by Crippen LogP contribution is 2.32. The van der Waals surface area contributed by atoms with Crippen molar-refractivity contribution in [3.05, 3.63) is 59.5 Å². The number of carbonyl (C=O) groups is 1. The van der Waals surface area contributed by atoms with E-state index in [2.05, 4.69) is 4.98 Å². The Bertz CT molecular complexity index is 1320. The number of anilines is 1. The van der Waals surface area contributed by atoms with Crippen molar-refractivity contribution < 1.29 is 27.1 Å². The third-order valence-corrected chi connectivity index (χ3v) is 8.46. The number of thiazole rings is 1. The van der Waals surface area contributed by atoms with Crippen molar-refractivity contribution in [3.8, 4) is 16.9 Å². The van der Waals surface area contributed by atoms with Crippen molar-refractivity contribution in [1.29, 1.82) is 0 Å². The van der Waals surface area contributed by atoms with Crippen LogP contribution in [0.25, 0.3) is 11.1 Å². The molecule has 2 N–H and O–H groups in total. The Morgan fingerprint density at radius 1 is 1.29 bits per heavy atom. The number of nitrogens with two attached hydrogens (primary N) is 1. The van der Waals surface area contributed by atoms with E-state index in [0.29, 0.717) is 17.9 Å². The number of amides is 1. The Morgan fingerprint density at radius 3 is 2.63 bits per heavy atom. The molecule has 1 unspecified atom stereocenters. The van der Waals surface area contributed by atoms with Crippen molar-refractivity contribution in [2.45, 2.75) is 36.5 Å². The van der Waals surface area contributed by atoms with Crippen LogP contribution in [0.4, 0.5) is 9.52 Å². The van der Waals surface area contributed by atoms with Gasteiger partial charge in [0.05, 0.1) is 31.9 Å². The molecule has 0 radical (unpaired) electrons. The van der Waals surface area contributed by atoms with Gasteiger partial charge in [-0.3, -0.25) is 9.69 Å². The number of ether oxygens (including phenoxy) is 2. The van der Waals surface area contributed by atoms with Crippen LogP contribution >= 0.6 is 11.3 Å². The third-order valence-electron chi connectivity index (χ3n) is 5.73. The van der Waals surface area contributed by atoms with E-state index in [1.165, 1.54) is 24.1 Å². The maximum absolute atomic E-state index is 13.8. The first-order chi connectivity index (χ1) is 16.7. The summed E-state index contributed by atoms with van der Waals surface area (Å²) in [6.07, 6.45) is 1.62. The first-order valence-electron chi connectivity index (χ1n) is 11.0. The maximum atomic E-state index is 13.8. The zero-order valence-electron chi connectivity index (χ0n) is 19.4. The van der Waals surface area contributed by atoms with Gasteiger partial charge < -0.3 is 9.47 Å². The number of methoxy groups -OCH3 is 1. The molecule has 1 aliphatic rings. The molecule has 8 nitrogen and oxygen atoms in total. The molecule has 4 rings (SSSR count). The lowest BCUT2D eigenvalue weighted by molar-refractivity contribution is -0.118. The van der Waals surface area contributed by atoms with Gasteiger partial charge in [-0.1, -0.05) is 35.6 Å². The van der Waals surface area contributed by atoms with Gasteiger partial charge in [0.1, 0.15) is 11.6 Å². The fourth-order valence-electron chi connectivity index (χ4n) is 4.00. The minimum Gasteiger partial charge on any atom is -0.496 e. The average molecular weight is 520 g/mol. The highest BCUT2D eigenvalue weighted by atomic mass is 32.2. The molecule has 0 aliphatic carbocycles. The van der Waals surface area contributed by atoms with Crippen LogP contribution in [0.5, 0.6) is 5.75 Å². The number of sulfonamides is 1. The summed E-state index contributed by atoms with van der Waals surface area (Å²) in [5.41, 5.74) is 2.36. The Hall–Kier alpha value is -2.86. The fourth-order valence-corrected chi connectivity index (χ4v) is 5.98. The highest BCUT2D eigenvalue weighted by Gasteiger charge is 2.28. The lowest BCUT2D eigenvalue weighted by Gasteiger charge is -2.23. The van der Waals surface area contributed by atoms with Crippen LogP contribution in [-0.2, 0) is 26.0 Å². The average Bonchev–Trinajstić information content (AvgIpc) is 3.47. The summed E-state index contributed by atoms with van der Waals surface area (Å²) < 4.78 is 48.5. The van der Waals surface area contributed by atoms with Gasteiger partial charge in [-0.05, 0) is 49.1 Å². The summed E-state index contributed by atoms with van der Waals surface area (Å²) in [7, 11) is -2.43. The number of carbonyl (C=O) groups excluding carboxylic acids is 1. The first-order valence-corrected chi connectivity index (χ1v) is 13.4. The lowest BCUT2D eigenvalue weighted by Crippen LogP contribution is -2.38. The Labute approximate surface area is 207 Å². The molecular formula is C24H26FN3O5S2. The Balaban J connectivity index is 1.58. The van der Waals surface area contributed by atoms with Crippen molar-refractivity contribution in [1.82, 2.24) is 4.98 Å². The number of halogens is 1. The zero-order chi connectivity index (χ0) is 25.2. The Kier molecular flexibility index (Phi) is 7.50. The van der Waals surface area contributed by atoms with Crippen LogP contribution < -0.4 is 14.8 Å². The molecule has 1 aliphatic heterocycles. The number of benzene rings is 2.